The number of Topliss-reactive ketones (excluding diaryl/α,β-unsaturated/α-hetero) is 1. The van der Waals surface area contributed by atoms with Crippen molar-refractivity contribution in [3.8, 4) is 5.75 Å². The SMILES string of the molecule is CCCOc1ccc(C(O)=C2C(=O)C(=O)N(c3nccs3)C2c2ccccc2F)cc1. The fourth-order valence-electron chi connectivity index (χ4n) is 3.44. The summed E-state index contributed by atoms with van der Waals surface area (Å²) in [5.74, 6) is -2.12. The third kappa shape index (κ3) is 3.82. The number of carbonyl (C=O) groups is 2. The van der Waals surface area contributed by atoms with Gasteiger partial charge >= 0.3 is 5.91 Å². The second kappa shape index (κ2) is 8.69. The molecule has 0 radical (unpaired) electrons. The minimum atomic E-state index is -1.14. The minimum absolute atomic E-state index is 0.0985. The highest BCUT2D eigenvalue weighted by molar-refractivity contribution is 7.14. The smallest absolute Gasteiger partial charge is 0.301 e. The van der Waals surface area contributed by atoms with Gasteiger partial charge in [0.1, 0.15) is 23.4 Å². The van der Waals surface area contributed by atoms with Gasteiger partial charge in [0.2, 0.25) is 0 Å². The molecule has 3 aromatic rings. The van der Waals surface area contributed by atoms with Gasteiger partial charge in [0.05, 0.1) is 12.2 Å². The molecular formula is C23H19FN2O4S. The van der Waals surface area contributed by atoms with Crippen LogP contribution in [0.25, 0.3) is 5.76 Å². The number of aliphatic hydroxyl groups is 1. The lowest BCUT2D eigenvalue weighted by atomic mass is 9.95. The van der Waals surface area contributed by atoms with Crippen LogP contribution in [0.4, 0.5) is 9.52 Å². The summed E-state index contributed by atoms with van der Waals surface area (Å²) in [5.41, 5.74) is 0.233. The summed E-state index contributed by atoms with van der Waals surface area (Å²) in [6.45, 7) is 2.54. The van der Waals surface area contributed by atoms with E-state index in [0.717, 1.165) is 22.7 Å². The van der Waals surface area contributed by atoms with Gasteiger partial charge in [0.25, 0.3) is 5.78 Å². The zero-order valence-corrected chi connectivity index (χ0v) is 17.4. The van der Waals surface area contributed by atoms with Crippen LogP contribution in [0.5, 0.6) is 5.75 Å². The highest BCUT2D eigenvalue weighted by atomic mass is 32.1. The van der Waals surface area contributed by atoms with Gasteiger partial charge in [-0.05, 0) is 36.8 Å². The molecule has 1 N–H and O–H groups in total. The van der Waals surface area contributed by atoms with Crippen LogP contribution < -0.4 is 9.64 Å². The number of ether oxygens (including phenoxy) is 1. The van der Waals surface area contributed by atoms with Crippen molar-refractivity contribution >= 4 is 33.9 Å². The van der Waals surface area contributed by atoms with Gasteiger partial charge in [-0.15, -0.1) is 11.3 Å². The molecule has 1 aliphatic heterocycles. The van der Waals surface area contributed by atoms with Crippen molar-refractivity contribution in [1.82, 2.24) is 4.98 Å². The molecule has 0 aliphatic carbocycles. The number of benzene rings is 2. The molecule has 1 amide bonds. The molecule has 1 aromatic heterocycles. The van der Waals surface area contributed by atoms with Gasteiger partial charge in [-0.25, -0.2) is 9.37 Å². The Balaban J connectivity index is 1.85. The van der Waals surface area contributed by atoms with Crippen molar-refractivity contribution in [3.05, 3.63) is 82.6 Å². The average molecular weight is 438 g/mol. The monoisotopic (exact) mass is 438 g/mol. The van der Waals surface area contributed by atoms with E-state index in [9.17, 15) is 19.1 Å². The Morgan fingerprint density at radius 2 is 1.94 bits per heavy atom. The van der Waals surface area contributed by atoms with E-state index in [-0.39, 0.29) is 22.0 Å². The van der Waals surface area contributed by atoms with Crippen LogP contribution in [0.1, 0.15) is 30.5 Å². The Hall–Kier alpha value is -3.52. The lowest BCUT2D eigenvalue weighted by Crippen LogP contribution is -2.29. The van der Waals surface area contributed by atoms with Gasteiger partial charge in [0.15, 0.2) is 5.13 Å². The van der Waals surface area contributed by atoms with Crippen molar-refractivity contribution in [2.45, 2.75) is 19.4 Å². The highest BCUT2D eigenvalue weighted by Gasteiger charge is 2.48. The molecule has 0 bridgehead atoms. The summed E-state index contributed by atoms with van der Waals surface area (Å²) >= 11 is 1.15. The number of rotatable bonds is 6. The van der Waals surface area contributed by atoms with E-state index >= 15 is 0 Å². The van der Waals surface area contributed by atoms with Crippen LogP contribution in [-0.4, -0.2) is 28.4 Å². The van der Waals surface area contributed by atoms with E-state index in [2.05, 4.69) is 4.98 Å². The first kappa shape index (κ1) is 20.7. The van der Waals surface area contributed by atoms with Gasteiger partial charge in [-0.2, -0.15) is 0 Å². The Morgan fingerprint density at radius 1 is 1.19 bits per heavy atom. The van der Waals surface area contributed by atoms with E-state index in [4.69, 9.17) is 4.74 Å². The molecule has 2 heterocycles. The molecule has 6 nitrogen and oxygen atoms in total. The largest absolute Gasteiger partial charge is 0.507 e. The molecule has 31 heavy (non-hydrogen) atoms. The summed E-state index contributed by atoms with van der Waals surface area (Å²) in [7, 11) is 0. The number of anilines is 1. The maximum atomic E-state index is 14.7. The normalized spacial score (nSPS) is 17.9. The Morgan fingerprint density at radius 3 is 2.58 bits per heavy atom. The number of thiazole rings is 1. The van der Waals surface area contributed by atoms with Crippen LogP contribution in [0.2, 0.25) is 0 Å². The minimum Gasteiger partial charge on any atom is -0.507 e. The number of amides is 1. The molecule has 2 aromatic carbocycles. The first-order chi connectivity index (χ1) is 15.0. The maximum absolute atomic E-state index is 14.7. The maximum Gasteiger partial charge on any atom is 0.301 e. The van der Waals surface area contributed by atoms with E-state index in [1.165, 1.54) is 24.4 Å². The Kier molecular flexibility index (Phi) is 5.81. The van der Waals surface area contributed by atoms with Crippen LogP contribution in [-0.2, 0) is 9.59 Å². The molecule has 1 saturated heterocycles. The number of halogens is 1. The van der Waals surface area contributed by atoms with Gasteiger partial charge in [-0.1, -0.05) is 25.1 Å². The zero-order valence-electron chi connectivity index (χ0n) is 16.6. The summed E-state index contributed by atoms with van der Waals surface area (Å²) in [6.07, 6.45) is 2.34. The fraction of sp³-hybridized carbons (Fsp3) is 0.174. The molecule has 0 saturated carbocycles. The number of aromatic nitrogens is 1. The topological polar surface area (TPSA) is 79.7 Å². The predicted molar refractivity (Wildman–Crippen MR) is 116 cm³/mol. The van der Waals surface area contributed by atoms with Crippen molar-refractivity contribution in [1.29, 1.82) is 0 Å². The highest BCUT2D eigenvalue weighted by Crippen LogP contribution is 2.43. The molecule has 1 atom stereocenters. The first-order valence-corrected chi connectivity index (χ1v) is 10.6. The fourth-order valence-corrected chi connectivity index (χ4v) is 4.11. The Labute approximate surface area is 182 Å². The summed E-state index contributed by atoms with van der Waals surface area (Å²) in [5, 5.41) is 12.9. The second-order valence-corrected chi connectivity index (χ2v) is 7.75. The standard InChI is InChI=1S/C23H19FN2O4S/c1-2-12-30-15-9-7-14(8-10-15)20(27)18-19(16-5-3-4-6-17(16)24)26(22(29)21(18)28)23-25-11-13-31-23/h3-11,13,19,27H,2,12H2,1H3. The predicted octanol–water partition coefficient (Wildman–Crippen LogP) is 4.70. The molecule has 1 unspecified atom stereocenters. The summed E-state index contributed by atoms with van der Waals surface area (Å²) < 4.78 is 20.3. The van der Waals surface area contributed by atoms with E-state index < -0.39 is 23.5 Å². The summed E-state index contributed by atoms with van der Waals surface area (Å²) in [4.78, 5) is 31.1. The molecule has 158 valence electrons. The van der Waals surface area contributed by atoms with Crippen LogP contribution in [0.3, 0.4) is 0 Å². The number of carbonyl (C=O) groups excluding carboxylic acids is 2. The molecule has 8 heteroatoms. The van der Waals surface area contributed by atoms with Crippen molar-refractivity contribution in [2.24, 2.45) is 0 Å². The molecule has 4 rings (SSSR count). The lowest BCUT2D eigenvalue weighted by molar-refractivity contribution is -0.132. The quantitative estimate of drug-likeness (QED) is 0.343. The number of ketones is 1. The molecule has 1 fully saturated rings. The molecule has 0 spiro atoms. The van der Waals surface area contributed by atoms with E-state index in [1.807, 2.05) is 6.92 Å². The third-order valence-electron chi connectivity index (χ3n) is 4.87. The number of hydrogen-bond donors (Lipinski definition) is 1. The molecule has 1 aliphatic rings. The van der Waals surface area contributed by atoms with Crippen LogP contribution in [0, 0.1) is 5.82 Å². The molecular weight excluding hydrogens is 419 g/mol. The van der Waals surface area contributed by atoms with Crippen LogP contribution in [0.15, 0.2) is 65.7 Å². The lowest BCUT2D eigenvalue weighted by Gasteiger charge is -2.23. The van der Waals surface area contributed by atoms with Crippen molar-refractivity contribution < 1.29 is 23.8 Å². The van der Waals surface area contributed by atoms with E-state index in [1.54, 1.807) is 35.7 Å². The van der Waals surface area contributed by atoms with Gasteiger partial charge in [0, 0.05) is 22.7 Å². The van der Waals surface area contributed by atoms with Gasteiger partial charge in [-0.3, -0.25) is 14.5 Å². The number of nitrogens with zero attached hydrogens (tertiary/aromatic N) is 2. The zero-order chi connectivity index (χ0) is 22.0. The average Bonchev–Trinajstić information content (AvgIpc) is 3.39. The summed E-state index contributed by atoms with van der Waals surface area (Å²) in [6, 6.07) is 11.2. The number of hydrogen-bond acceptors (Lipinski definition) is 6. The van der Waals surface area contributed by atoms with E-state index in [0.29, 0.717) is 17.9 Å². The van der Waals surface area contributed by atoms with Crippen molar-refractivity contribution in [2.75, 3.05) is 11.5 Å². The second-order valence-electron chi connectivity index (χ2n) is 6.88. The first-order valence-electron chi connectivity index (χ1n) is 9.71. The number of aliphatic hydroxyl groups excluding tert-OH is 1. The Bertz CT molecular complexity index is 1140. The van der Waals surface area contributed by atoms with Gasteiger partial charge < -0.3 is 9.84 Å². The van der Waals surface area contributed by atoms with Crippen molar-refractivity contribution in [3.63, 3.8) is 0 Å². The third-order valence-corrected chi connectivity index (χ3v) is 5.64. The van der Waals surface area contributed by atoms with Crippen LogP contribution >= 0.6 is 11.3 Å².